The minimum Gasteiger partial charge on any atom is -0.486 e. The van der Waals surface area contributed by atoms with E-state index in [2.05, 4.69) is 11.2 Å². The predicted molar refractivity (Wildman–Crippen MR) is 100 cm³/mol. The average Bonchev–Trinajstić information content (AvgIpc) is 2.76. The fraction of sp³-hybridized carbons (Fsp3) is 0.476. The van der Waals surface area contributed by atoms with Gasteiger partial charge in [0.2, 0.25) is 11.8 Å². The Bertz CT molecular complexity index is 824. The number of nitrogens with zero attached hydrogens (tertiary/aromatic N) is 1. The SMILES string of the molecule is C#CC(C)(C)NC(=O)CN1CC[C@@]2(CCC1=O)CC(=O)c1ccccc1O2. The van der Waals surface area contributed by atoms with Crippen LogP contribution in [-0.2, 0) is 9.59 Å². The maximum atomic E-state index is 12.5. The third kappa shape index (κ3) is 4.13. The van der Waals surface area contributed by atoms with Crippen molar-refractivity contribution in [2.75, 3.05) is 13.1 Å². The molecule has 2 heterocycles. The Balaban J connectivity index is 1.70. The van der Waals surface area contributed by atoms with Crippen molar-refractivity contribution in [3.05, 3.63) is 29.8 Å². The summed E-state index contributed by atoms with van der Waals surface area (Å²) in [5.41, 5.74) is -0.869. The number of amides is 2. The molecule has 2 amide bonds. The van der Waals surface area contributed by atoms with Crippen LogP contribution in [0.3, 0.4) is 0 Å². The highest BCUT2D eigenvalue weighted by Crippen LogP contribution is 2.39. The van der Waals surface area contributed by atoms with Gasteiger partial charge in [-0.05, 0) is 32.4 Å². The summed E-state index contributed by atoms with van der Waals surface area (Å²) in [7, 11) is 0. The Morgan fingerprint density at radius 1 is 1.33 bits per heavy atom. The van der Waals surface area contributed by atoms with Crippen LogP contribution in [-0.4, -0.2) is 46.7 Å². The van der Waals surface area contributed by atoms with Gasteiger partial charge < -0.3 is 15.0 Å². The van der Waals surface area contributed by atoms with E-state index in [1.807, 2.05) is 12.1 Å². The van der Waals surface area contributed by atoms with Crippen LogP contribution in [0.25, 0.3) is 0 Å². The maximum Gasteiger partial charge on any atom is 0.240 e. The first-order chi connectivity index (χ1) is 12.7. The van der Waals surface area contributed by atoms with Crippen LogP contribution >= 0.6 is 0 Å². The first-order valence-electron chi connectivity index (χ1n) is 9.11. The molecule has 27 heavy (non-hydrogen) atoms. The molecular formula is C21H24N2O4. The number of terminal acetylenes is 1. The zero-order chi connectivity index (χ0) is 19.7. The first kappa shape index (κ1) is 19.0. The summed E-state index contributed by atoms with van der Waals surface area (Å²) in [6.45, 7) is 3.76. The number of Topliss-reactive ketones (excluding diaryl/α,β-unsaturated/α-hetero) is 1. The molecule has 142 valence electrons. The predicted octanol–water partition coefficient (Wildman–Crippen LogP) is 1.93. The number of para-hydroxylation sites is 1. The molecule has 0 bridgehead atoms. The molecule has 0 unspecified atom stereocenters. The fourth-order valence-electron chi connectivity index (χ4n) is 3.57. The summed E-state index contributed by atoms with van der Waals surface area (Å²) in [6.07, 6.45) is 6.84. The number of ketones is 1. The number of benzene rings is 1. The lowest BCUT2D eigenvalue weighted by molar-refractivity contribution is -0.136. The molecule has 2 aliphatic heterocycles. The normalized spacial score (nSPS) is 22.5. The Labute approximate surface area is 159 Å². The van der Waals surface area contributed by atoms with Gasteiger partial charge in [-0.3, -0.25) is 14.4 Å². The number of hydrogen-bond donors (Lipinski definition) is 1. The maximum absolute atomic E-state index is 12.5. The lowest BCUT2D eigenvalue weighted by Gasteiger charge is -2.37. The quantitative estimate of drug-likeness (QED) is 0.828. The fourth-order valence-corrected chi connectivity index (χ4v) is 3.57. The molecule has 1 saturated heterocycles. The summed E-state index contributed by atoms with van der Waals surface area (Å²) in [5.74, 6) is 2.69. The minimum absolute atomic E-state index is 0.0336. The van der Waals surface area contributed by atoms with E-state index in [0.29, 0.717) is 30.7 Å². The first-order valence-corrected chi connectivity index (χ1v) is 9.11. The van der Waals surface area contributed by atoms with Crippen LogP contribution < -0.4 is 10.1 Å². The van der Waals surface area contributed by atoms with Crippen LogP contribution in [0.2, 0.25) is 0 Å². The van der Waals surface area contributed by atoms with Crippen molar-refractivity contribution in [3.63, 3.8) is 0 Å². The van der Waals surface area contributed by atoms with Crippen molar-refractivity contribution in [2.24, 2.45) is 0 Å². The number of carbonyl (C=O) groups is 3. The molecule has 1 spiro atoms. The smallest absolute Gasteiger partial charge is 0.240 e. The molecule has 1 aromatic carbocycles. The van der Waals surface area contributed by atoms with Gasteiger partial charge >= 0.3 is 0 Å². The molecule has 1 atom stereocenters. The van der Waals surface area contributed by atoms with Crippen LogP contribution in [0, 0.1) is 12.3 Å². The standard InChI is InChI=1S/C21H24N2O4/c1-4-20(2,3)22-18(25)14-23-12-11-21(10-9-19(23)26)13-16(24)15-7-5-6-8-17(15)27-21/h1,5-8H,9-14H2,2-3H3,(H,22,25)/t21-/m0/s1. The van der Waals surface area contributed by atoms with Crippen molar-refractivity contribution in [3.8, 4) is 18.1 Å². The Morgan fingerprint density at radius 3 is 2.81 bits per heavy atom. The third-order valence-corrected chi connectivity index (χ3v) is 5.13. The van der Waals surface area contributed by atoms with Gasteiger partial charge in [-0.1, -0.05) is 18.1 Å². The summed E-state index contributed by atoms with van der Waals surface area (Å²) >= 11 is 0. The van der Waals surface area contributed by atoms with Crippen molar-refractivity contribution in [1.29, 1.82) is 0 Å². The molecule has 0 aliphatic carbocycles. The lowest BCUT2D eigenvalue weighted by Crippen LogP contribution is -2.48. The van der Waals surface area contributed by atoms with E-state index < -0.39 is 11.1 Å². The van der Waals surface area contributed by atoms with Gasteiger partial charge in [0.25, 0.3) is 0 Å². The second-order valence-corrected chi connectivity index (χ2v) is 7.76. The highest BCUT2D eigenvalue weighted by Gasteiger charge is 2.43. The van der Waals surface area contributed by atoms with Gasteiger partial charge in [-0.2, -0.15) is 0 Å². The van der Waals surface area contributed by atoms with Gasteiger partial charge in [0.1, 0.15) is 11.4 Å². The molecular weight excluding hydrogens is 344 g/mol. The van der Waals surface area contributed by atoms with Gasteiger partial charge in [0.15, 0.2) is 5.78 Å². The van der Waals surface area contributed by atoms with E-state index in [1.165, 1.54) is 4.90 Å². The summed E-state index contributed by atoms with van der Waals surface area (Å²) < 4.78 is 6.18. The van der Waals surface area contributed by atoms with Gasteiger partial charge in [0, 0.05) is 19.4 Å². The van der Waals surface area contributed by atoms with Crippen molar-refractivity contribution in [1.82, 2.24) is 10.2 Å². The summed E-state index contributed by atoms with van der Waals surface area (Å²) in [4.78, 5) is 38.8. The molecule has 1 aromatic rings. The highest BCUT2D eigenvalue weighted by molar-refractivity contribution is 6.00. The number of ether oxygens (including phenoxy) is 1. The second-order valence-electron chi connectivity index (χ2n) is 7.76. The minimum atomic E-state index is -0.768. The van der Waals surface area contributed by atoms with E-state index >= 15 is 0 Å². The molecule has 1 fully saturated rings. The third-order valence-electron chi connectivity index (χ3n) is 5.13. The van der Waals surface area contributed by atoms with Gasteiger partial charge in [-0.25, -0.2) is 0 Å². The Morgan fingerprint density at radius 2 is 2.07 bits per heavy atom. The van der Waals surface area contributed by atoms with Crippen molar-refractivity contribution < 1.29 is 19.1 Å². The zero-order valence-corrected chi connectivity index (χ0v) is 15.7. The van der Waals surface area contributed by atoms with Crippen molar-refractivity contribution >= 4 is 17.6 Å². The van der Waals surface area contributed by atoms with E-state index in [-0.39, 0.29) is 37.0 Å². The molecule has 6 heteroatoms. The number of carbonyl (C=O) groups excluding carboxylic acids is 3. The van der Waals surface area contributed by atoms with Crippen molar-refractivity contribution in [2.45, 2.75) is 50.7 Å². The van der Waals surface area contributed by atoms with Gasteiger partial charge in [0.05, 0.1) is 24.1 Å². The molecule has 1 N–H and O–H groups in total. The van der Waals surface area contributed by atoms with E-state index in [9.17, 15) is 14.4 Å². The zero-order valence-electron chi connectivity index (χ0n) is 15.7. The number of hydrogen-bond acceptors (Lipinski definition) is 4. The number of nitrogens with one attached hydrogen (secondary N) is 1. The largest absolute Gasteiger partial charge is 0.486 e. The Kier molecular flexibility index (Phi) is 4.97. The van der Waals surface area contributed by atoms with E-state index in [4.69, 9.17) is 11.2 Å². The second kappa shape index (κ2) is 7.07. The molecule has 0 saturated carbocycles. The molecule has 0 radical (unpaired) electrons. The van der Waals surface area contributed by atoms with Crippen LogP contribution in [0.15, 0.2) is 24.3 Å². The van der Waals surface area contributed by atoms with Crippen LogP contribution in [0.1, 0.15) is 49.9 Å². The average molecular weight is 368 g/mol. The van der Waals surface area contributed by atoms with Crippen LogP contribution in [0.5, 0.6) is 5.75 Å². The lowest BCUT2D eigenvalue weighted by atomic mass is 9.84. The highest BCUT2D eigenvalue weighted by atomic mass is 16.5. The topological polar surface area (TPSA) is 75.7 Å². The number of rotatable bonds is 3. The van der Waals surface area contributed by atoms with Crippen LogP contribution in [0.4, 0.5) is 0 Å². The van der Waals surface area contributed by atoms with E-state index in [0.717, 1.165) is 0 Å². The number of likely N-dealkylation sites (tertiary alicyclic amines) is 1. The monoisotopic (exact) mass is 368 g/mol. The van der Waals surface area contributed by atoms with E-state index in [1.54, 1.807) is 26.0 Å². The van der Waals surface area contributed by atoms with Gasteiger partial charge in [-0.15, -0.1) is 6.42 Å². The molecule has 0 aromatic heterocycles. The number of fused-ring (bicyclic) bond motifs is 1. The molecule has 6 nitrogen and oxygen atoms in total. The summed E-state index contributed by atoms with van der Waals surface area (Å²) in [5, 5.41) is 2.73. The molecule has 3 rings (SSSR count). The Hall–Kier alpha value is -2.81. The summed E-state index contributed by atoms with van der Waals surface area (Å²) in [6, 6.07) is 7.19. The molecule has 2 aliphatic rings.